The highest BCUT2D eigenvalue weighted by Gasteiger charge is 2.42. The zero-order valence-electron chi connectivity index (χ0n) is 11.3. The third-order valence-corrected chi connectivity index (χ3v) is 5.20. The summed E-state index contributed by atoms with van der Waals surface area (Å²) in [6, 6.07) is 1.54. The fourth-order valence-corrected chi connectivity index (χ4v) is 3.37. The van der Waals surface area contributed by atoms with E-state index in [1.54, 1.807) is 0 Å². The van der Waals surface area contributed by atoms with Gasteiger partial charge in [0.2, 0.25) is 15.8 Å². The number of nitro groups is 1. The molecule has 0 unspecified atom stereocenters. The van der Waals surface area contributed by atoms with Crippen LogP contribution < -0.4 is 4.72 Å². The van der Waals surface area contributed by atoms with Gasteiger partial charge in [-0.15, -0.1) is 0 Å². The van der Waals surface area contributed by atoms with Gasteiger partial charge in [0.1, 0.15) is 0 Å². The topological polar surface area (TPSA) is 110 Å². The highest BCUT2D eigenvalue weighted by Crippen LogP contribution is 2.44. The second kappa shape index (κ2) is 5.32. The molecule has 9 heteroatoms. The normalized spacial score (nSPS) is 16.7. The third-order valence-electron chi connectivity index (χ3n) is 3.66. The molecule has 1 aliphatic rings. The van der Waals surface area contributed by atoms with E-state index in [1.165, 1.54) is 6.92 Å². The molecule has 0 spiro atoms. The number of nitrogens with zero attached hydrogens (tertiary/aromatic N) is 1. The molecule has 2 rings (SSSR count). The number of aliphatic hydroxyl groups excluding tert-OH is 1. The van der Waals surface area contributed by atoms with Gasteiger partial charge in [0.15, 0.2) is 0 Å². The van der Waals surface area contributed by atoms with Gasteiger partial charge in [-0.1, -0.05) is 0 Å². The smallest absolute Gasteiger partial charge is 0.306 e. The van der Waals surface area contributed by atoms with E-state index in [4.69, 9.17) is 5.11 Å². The lowest BCUT2D eigenvalue weighted by atomic mass is 10.1. The first kappa shape index (κ1) is 15.8. The fourth-order valence-electron chi connectivity index (χ4n) is 1.96. The van der Waals surface area contributed by atoms with Crippen molar-refractivity contribution in [1.29, 1.82) is 0 Å². The Morgan fingerprint density at radius 1 is 1.48 bits per heavy atom. The Balaban J connectivity index is 2.31. The van der Waals surface area contributed by atoms with E-state index in [-0.39, 0.29) is 23.6 Å². The predicted molar refractivity (Wildman–Crippen MR) is 71.7 cm³/mol. The van der Waals surface area contributed by atoms with Crippen molar-refractivity contribution in [2.75, 3.05) is 13.2 Å². The Morgan fingerprint density at radius 2 is 2.10 bits per heavy atom. The number of halogens is 1. The molecular weight excluding hydrogens is 303 g/mol. The molecular formula is C12H15FN2O5S. The average Bonchev–Trinajstić information content (AvgIpc) is 3.16. The van der Waals surface area contributed by atoms with Crippen molar-refractivity contribution in [3.63, 3.8) is 0 Å². The monoisotopic (exact) mass is 318 g/mol. The van der Waals surface area contributed by atoms with Gasteiger partial charge >= 0.3 is 5.69 Å². The SMILES string of the molecule is Cc1cc(F)c([N+](=O)[O-])cc1S(=O)(=O)NCC1(CO)CC1. The summed E-state index contributed by atoms with van der Waals surface area (Å²) < 4.78 is 40.1. The molecule has 116 valence electrons. The van der Waals surface area contributed by atoms with Crippen LogP contribution in [-0.2, 0) is 10.0 Å². The first-order chi connectivity index (χ1) is 9.71. The van der Waals surface area contributed by atoms with E-state index < -0.39 is 31.9 Å². The van der Waals surface area contributed by atoms with Crippen LogP contribution in [0.1, 0.15) is 18.4 Å². The molecule has 1 saturated carbocycles. The Morgan fingerprint density at radius 3 is 2.57 bits per heavy atom. The van der Waals surface area contributed by atoms with Crippen LogP contribution in [0.25, 0.3) is 0 Å². The highest BCUT2D eigenvalue weighted by molar-refractivity contribution is 7.89. The third kappa shape index (κ3) is 3.20. The number of nitrogens with one attached hydrogen (secondary N) is 1. The molecule has 7 nitrogen and oxygen atoms in total. The summed E-state index contributed by atoms with van der Waals surface area (Å²) in [4.78, 5) is 9.41. The predicted octanol–water partition coefficient (Wildman–Crippen LogP) is 1.09. The molecule has 0 radical (unpaired) electrons. The van der Waals surface area contributed by atoms with Gasteiger partial charge in [-0.3, -0.25) is 10.1 Å². The Labute approximate surface area is 121 Å². The lowest BCUT2D eigenvalue weighted by Gasteiger charge is -2.14. The summed E-state index contributed by atoms with van der Waals surface area (Å²) >= 11 is 0. The maximum Gasteiger partial charge on any atom is 0.306 e. The summed E-state index contributed by atoms with van der Waals surface area (Å²) in [5, 5.41) is 19.9. The van der Waals surface area contributed by atoms with Gasteiger partial charge in [0.05, 0.1) is 9.82 Å². The van der Waals surface area contributed by atoms with Gasteiger partial charge in [-0.05, 0) is 31.4 Å². The molecule has 0 saturated heterocycles. The van der Waals surface area contributed by atoms with Gasteiger partial charge in [0, 0.05) is 24.6 Å². The Kier molecular flexibility index (Phi) is 4.00. The standard InChI is InChI=1S/C12H15FN2O5S/c1-8-4-9(13)10(15(17)18)5-11(8)21(19,20)14-6-12(7-16)2-3-12/h4-5,14,16H,2-3,6-7H2,1H3. The maximum absolute atomic E-state index is 13.4. The summed E-state index contributed by atoms with van der Waals surface area (Å²) in [5.74, 6) is -1.08. The molecule has 0 heterocycles. The van der Waals surface area contributed by atoms with Gasteiger partial charge < -0.3 is 5.11 Å². The zero-order valence-corrected chi connectivity index (χ0v) is 12.1. The molecule has 1 fully saturated rings. The molecule has 2 N–H and O–H groups in total. The minimum absolute atomic E-state index is 0.0520. The van der Waals surface area contributed by atoms with Crippen molar-refractivity contribution in [2.24, 2.45) is 5.41 Å². The van der Waals surface area contributed by atoms with Crippen LogP contribution in [0, 0.1) is 28.3 Å². The number of nitro benzene ring substituents is 1. The molecule has 0 amide bonds. The van der Waals surface area contributed by atoms with Crippen LogP contribution in [-0.4, -0.2) is 31.6 Å². The molecule has 0 aromatic heterocycles. The average molecular weight is 318 g/mol. The summed E-state index contributed by atoms with van der Waals surface area (Å²) in [5.41, 5.74) is -1.24. The lowest BCUT2D eigenvalue weighted by Crippen LogP contribution is -2.32. The van der Waals surface area contributed by atoms with Gasteiger partial charge in [-0.2, -0.15) is 4.39 Å². The van der Waals surface area contributed by atoms with Crippen LogP contribution in [0.5, 0.6) is 0 Å². The van der Waals surface area contributed by atoms with E-state index in [1.807, 2.05) is 0 Å². The molecule has 1 aliphatic carbocycles. The summed E-state index contributed by atoms with van der Waals surface area (Å²) in [6.45, 7) is 1.29. The number of sulfonamides is 1. The Bertz CT molecular complexity index is 685. The molecule has 0 aliphatic heterocycles. The highest BCUT2D eigenvalue weighted by atomic mass is 32.2. The summed E-state index contributed by atoms with van der Waals surface area (Å²) in [7, 11) is -4.00. The van der Waals surface area contributed by atoms with Crippen LogP contribution in [0.2, 0.25) is 0 Å². The number of aryl methyl sites for hydroxylation is 1. The lowest BCUT2D eigenvalue weighted by molar-refractivity contribution is -0.387. The van der Waals surface area contributed by atoms with Crippen molar-refractivity contribution >= 4 is 15.7 Å². The van der Waals surface area contributed by atoms with Crippen molar-refractivity contribution < 1.29 is 22.8 Å². The number of aliphatic hydroxyl groups is 1. The van der Waals surface area contributed by atoms with Crippen molar-refractivity contribution in [2.45, 2.75) is 24.7 Å². The number of hydrogen-bond donors (Lipinski definition) is 2. The molecule has 21 heavy (non-hydrogen) atoms. The van der Waals surface area contributed by atoms with E-state index in [0.717, 1.165) is 6.07 Å². The number of benzene rings is 1. The van der Waals surface area contributed by atoms with Crippen LogP contribution in [0.4, 0.5) is 10.1 Å². The van der Waals surface area contributed by atoms with E-state index >= 15 is 0 Å². The molecule has 1 aromatic rings. The maximum atomic E-state index is 13.4. The first-order valence-electron chi connectivity index (χ1n) is 6.26. The zero-order chi connectivity index (χ0) is 15.8. The first-order valence-corrected chi connectivity index (χ1v) is 7.74. The second-order valence-electron chi connectivity index (χ2n) is 5.31. The number of hydrogen-bond acceptors (Lipinski definition) is 5. The van der Waals surface area contributed by atoms with Crippen molar-refractivity contribution in [3.05, 3.63) is 33.6 Å². The minimum atomic E-state index is -4.00. The Hall–Kier alpha value is -1.58. The van der Waals surface area contributed by atoms with E-state index in [9.17, 15) is 22.9 Å². The van der Waals surface area contributed by atoms with E-state index in [0.29, 0.717) is 18.9 Å². The second-order valence-corrected chi connectivity index (χ2v) is 7.04. The van der Waals surface area contributed by atoms with Gasteiger partial charge in [0.25, 0.3) is 0 Å². The van der Waals surface area contributed by atoms with Crippen molar-refractivity contribution in [1.82, 2.24) is 4.72 Å². The van der Waals surface area contributed by atoms with Crippen molar-refractivity contribution in [3.8, 4) is 0 Å². The molecule has 0 atom stereocenters. The molecule has 0 bridgehead atoms. The quantitative estimate of drug-likeness (QED) is 0.603. The van der Waals surface area contributed by atoms with E-state index in [2.05, 4.69) is 4.72 Å². The minimum Gasteiger partial charge on any atom is -0.396 e. The van der Waals surface area contributed by atoms with Crippen LogP contribution in [0.3, 0.4) is 0 Å². The largest absolute Gasteiger partial charge is 0.396 e. The van der Waals surface area contributed by atoms with Gasteiger partial charge in [-0.25, -0.2) is 13.1 Å². The fraction of sp³-hybridized carbons (Fsp3) is 0.500. The summed E-state index contributed by atoms with van der Waals surface area (Å²) in [6.07, 6.45) is 1.43. The molecule has 1 aromatic carbocycles. The van der Waals surface area contributed by atoms with Crippen LogP contribution in [0.15, 0.2) is 17.0 Å². The van der Waals surface area contributed by atoms with Crippen LogP contribution >= 0.6 is 0 Å². The number of rotatable bonds is 6.